The summed E-state index contributed by atoms with van der Waals surface area (Å²) in [6.45, 7) is 1.87. The number of carboxylic acid groups (broad SMARTS) is 1. The first-order valence-corrected chi connectivity index (χ1v) is 19.4. The van der Waals surface area contributed by atoms with Crippen LogP contribution in [-0.2, 0) is 25.4 Å². The normalized spacial score (nSPS) is 14.4. The second-order valence-electron chi connectivity index (χ2n) is 14.2. The van der Waals surface area contributed by atoms with Gasteiger partial charge in [0.1, 0.15) is 40.4 Å². The summed E-state index contributed by atoms with van der Waals surface area (Å²) in [7, 11) is 0. The van der Waals surface area contributed by atoms with Gasteiger partial charge in [0, 0.05) is 83.9 Å². The van der Waals surface area contributed by atoms with E-state index in [4.69, 9.17) is 28.1 Å². The van der Waals surface area contributed by atoms with Gasteiger partial charge in [0.05, 0.1) is 32.0 Å². The van der Waals surface area contributed by atoms with E-state index in [9.17, 15) is 49.5 Å². The van der Waals surface area contributed by atoms with Crippen LogP contribution in [0.1, 0.15) is 44.9 Å². The zero-order valence-electron chi connectivity index (χ0n) is 33.4. The van der Waals surface area contributed by atoms with E-state index in [1.54, 1.807) is 6.07 Å². The first-order valence-electron chi connectivity index (χ1n) is 19.4. The molecule has 1 aliphatic carbocycles. The molecule has 63 heavy (non-hydrogen) atoms. The molecular formula is C45H40N2O16. The van der Waals surface area contributed by atoms with E-state index in [0.717, 1.165) is 0 Å². The number of hydrogen-bond donors (Lipinski definition) is 7. The molecule has 2 aliphatic heterocycles. The summed E-state index contributed by atoms with van der Waals surface area (Å²) in [5.41, 5.74) is 1.71. The molecule has 18 heteroatoms. The molecule has 7 rings (SSSR count). The summed E-state index contributed by atoms with van der Waals surface area (Å²) in [5.74, 6) is -3.19. The van der Waals surface area contributed by atoms with Crippen molar-refractivity contribution in [1.82, 2.24) is 10.6 Å². The Kier molecular flexibility index (Phi) is 12.9. The maximum Gasteiger partial charge on any atom is 0.412 e. The molecule has 0 bridgehead atoms. The van der Waals surface area contributed by atoms with Gasteiger partial charge in [0.25, 0.3) is 5.91 Å². The van der Waals surface area contributed by atoms with Gasteiger partial charge in [0.2, 0.25) is 0 Å². The minimum Gasteiger partial charge on any atom is -0.508 e. The smallest absolute Gasteiger partial charge is 0.412 e. The summed E-state index contributed by atoms with van der Waals surface area (Å²) in [4.78, 5) is 62.4. The van der Waals surface area contributed by atoms with Crippen molar-refractivity contribution in [1.29, 1.82) is 0 Å². The van der Waals surface area contributed by atoms with E-state index < -0.39 is 41.9 Å². The molecule has 326 valence electrons. The number of phenolic OH excluding ortho intramolecular Hbond substituents is 4. The minimum absolute atomic E-state index is 0.0252. The third-order valence-corrected chi connectivity index (χ3v) is 9.88. The number of ether oxygens (including phenoxy) is 5. The Morgan fingerprint density at radius 2 is 1.52 bits per heavy atom. The third-order valence-electron chi connectivity index (χ3n) is 9.88. The van der Waals surface area contributed by atoms with Crippen molar-refractivity contribution in [2.75, 3.05) is 39.5 Å². The molecule has 0 saturated carbocycles. The molecule has 0 aromatic heterocycles. The van der Waals surface area contributed by atoms with Gasteiger partial charge in [-0.2, -0.15) is 0 Å². The molecule has 7 N–H and O–H groups in total. The fourth-order valence-electron chi connectivity index (χ4n) is 7.09. The van der Waals surface area contributed by atoms with Gasteiger partial charge in [-0.1, -0.05) is 6.07 Å². The molecule has 2 heterocycles. The van der Waals surface area contributed by atoms with Crippen molar-refractivity contribution in [3.8, 4) is 56.9 Å². The number of nitrogens with one attached hydrogen (secondary N) is 2. The number of hydrogen-bond acceptors (Lipinski definition) is 15. The molecule has 2 atom stereocenters. The summed E-state index contributed by atoms with van der Waals surface area (Å²) in [6, 6.07) is 19.1. The Hall–Kier alpha value is -7.83. The number of amides is 2. The number of aromatic hydroxyl groups is 4. The van der Waals surface area contributed by atoms with Crippen molar-refractivity contribution >= 4 is 34.9 Å². The quantitative estimate of drug-likeness (QED) is 0.0301. The number of esters is 1. The van der Waals surface area contributed by atoms with Crippen molar-refractivity contribution in [3.05, 3.63) is 117 Å². The summed E-state index contributed by atoms with van der Waals surface area (Å²) >= 11 is 0. The number of carbonyl (C=O) groups is 4. The highest BCUT2D eigenvalue weighted by atomic mass is 16.6. The number of carbonyl (C=O) groups excluding carboxylic acids is 3. The number of fused-ring (bicyclic) bond motifs is 3. The lowest BCUT2D eigenvalue weighted by Crippen LogP contribution is -2.35. The molecular weight excluding hydrogens is 824 g/mol. The number of rotatable bonds is 15. The molecule has 0 radical (unpaired) electrons. The van der Waals surface area contributed by atoms with Crippen LogP contribution in [0, 0.1) is 0 Å². The Morgan fingerprint density at radius 1 is 0.762 bits per heavy atom. The zero-order valence-corrected chi connectivity index (χ0v) is 33.4. The molecule has 3 aliphatic rings. The standard InChI is InChI=1S/C45H40N2O16/c1-23(48)60-40-22-33-38(62-42(40)24-3-9-34(52)35(53)17-24)20-28(51)21-39(33)63-45(57)47-11-13-59-15-14-58-12-10-46-43(54)25-2-6-29(44(55)56)32(16-25)41-30-7-4-26(49)18-36(30)61-37-19-27(50)5-8-31(37)41/h2-9,16-21,40,42,49,51-53H,10-15,22H2,1H3,(H,46,54)(H,47,57)(H,55,56)/t40-,42+/m0/s1. The van der Waals surface area contributed by atoms with Gasteiger partial charge in [-0.05, 0) is 60.2 Å². The predicted octanol–water partition coefficient (Wildman–Crippen LogP) is 5.24. The molecule has 0 spiro atoms. The molecule has 0 saturated heterocycles. The van der Waals surface area contributed by atoms with Gasteiger partial charge in [0.15, 0.2) is 23.0 Å². The second-order valence-corrected chi connectivity index (χ2v) is 14.2. The van der Waals surface area contributed by atoms with Crippen LogP contribution in [0.3, 0.4) is 0 Å². The van der Waals surface area contributed by atoms with E-state index in [1.807, 2.05) is 0 Å². The van der Waals surface area contributed by atoms with Crippen molar-refractivity contribution in [3.63, 3.8) is 0 Å². The van der Waals surface area contributed by atoms with Crippen molar-refractivity contribution < 1.29 is 72.8 Å². The number of benzene rings is 5. The van der Waals surface area contributed by atoms with Crippen LogP contribution < -0.4 is 25.5 Å². The van der Waals surface area contributed by atoms with Crippen LogP contribution in [0.5, 0.6) is 34.5 Å². The molecule has 18 nitrogen and oxygen atoms in total. The fraction of sp³-hybridized carbons (Fsp3) is 0.222. The van der Waals surface area contributed by atoms with Gasteiger partial charge in [-0.25, -0.2) is 9.59 Å². The van der Waals surface area contributed by atoms with Crippen molar-refractivity contribution in [2.24, 2.45) is 0 Å². The second kappa shape index (κ2) is 18.8. The molecule has 0 unspecified atom stereocenters. The lowest BCUT2D eigenvalue weighted by molar-refractivity contribution is -0.152. The zero-order chi connectivity index (χ0) is 44.8. The predicted molar refractivity (Wildman–Crippen MR) is 222 cm³/mol. The Bertz CT molecular complexity index is 2750. The number of aromatic carboxylic acids is 1. The monoisotopic (exact) mass is 864 g/mol. The average Bonchev–Trinajstić information content (AvgIpc) is 3.23. The van der Waals surface area contributed by atoms with Gasteiger partial charge < -0.3 is 64.3 Å². The topological polar surface area (TPSA) is 270 Å². The molecule has 4 aromatic carbocycles. The summed E-state index contributed by atoms with van der Waals surface area (Å²) in [5, 5.41) is 56.0. The highest BCUT2D eigenvalue weighted by molar-refractivity contribution is 6.09. The Balaban J connectivity index is 0.873. The van der Waals surface area contributed by atoms with E-state index >= 15 is 0 Å². The van der Waals surface area contributed by atoms with Crippen LogP contribution in [0.4, 0.5) is 4.79 Å². The lowest BCUT2D eigenvalue weighted by Gasteiger charge is -2.34. The number of carboxylic acids is 1. The molecule has 2 amide bonds. The van der Waals surface area contributed by atoms with Crippen LogP contribution in [0.15, 0.2) is 94.1 Å². The SMILES string of the molecule is CC(=O)O[C@H]1Cc2c(OC(=O)NCCOCCOCCNC(=O)c3ccc(C(=O)O)c(-c4c5ccc(=O)cc-5oc5cc(O)ccc45)c3)cc(O)cc2O[C@@H]1c1ccc(O)c(O)c1. The number of phenols is 4. The average molecular weight is 865 g/mol. The highest BCUT2D eigenvalue weighted by Crippen LogP contribution is 2.45. The van der Waals surface area contributed by atoms with E-state index in [2.05, 4.69) is 10.6 Å². The van der Waals surface area contributed by atoms with Crippen LogP contribution in [0.2, 0.25) is 0 Å². The third kappa shape index (κ3) is 10.0. The fourth-order valence-corrected chi connectivity index (χ4v) is 7.09. The summed E-state index contributed by atoms with van der Waals surface area (Å²) in [6.07, 6.45) is -2.68. The van der Waals surface area contributed by atoms with Gasteiger partial charge in [-0.15, -0.1) is 0 Å². The molecule has 0 fully saturated rings. The largest absolute Gasteiger partial charge is 0.508 e. The lowest BCUT2D eigenvalue weighted by atomic mass is 9.89. The first kappa shape index (κ1) is 43.3. The summed E-state index contributed by atoms with van der Waals surface area (Å²) < 4.78 is 33.9. The van der Waals surface area contributed by atoms with Gasteiger partial charge in [-0.3, -0.25) is 14.4 Å². The first-order chi connectivity index (χ1) is 30.2. The Labute approximate surface area is 357 Å². The van der Waals surface area contributed by atoms with E-state index in [-0.39, 0.29) is 108 Å². The van der Waals surface area contributed by atoms with Crippen LogP contribution >= 0.6 is 0 Å². The highest BCUT2D eigenvalue weighted by Gasteiger charge is 2.37. The maximum atomic E-state index is 13.2. The van der Waals surface area contributed by atoms with Crippen LogP contribution in [-0.4, -0.2) is 95.1 Å². The van der Waals surface area contributed by atoms with Gasteiger partial charge >= 0.3 is 18.0 Å². The molecule has 4 aromatic rings. The maximum absolute atomic E-state index is 13.2. The van der Waals surface area contributed by atoms with Crippen molar-refractivity contribution in [2.45, 2.75) is 25.6 Å². The van der Waals surface area contributed by atoms with E-state index in [1.165, 1.54) is 85.8 Å². The Morgan fingerprint density at radius 3 is 2.25 bits per heavy atom. The minimum atomic E-state index is -1.24. The van der Waals surface area contributed by atoms with E-state index in [0.29, 0.717) is 27.6 Å². The van der Waals surface area contributed by atoms with Crippen LogP contribution in [0.25, 0.3) is 33.4 Å².